The first-order valence-corrected chi connectivity index (χ1v) is 6.62. The Hall–Kier alpha value is -2.03. The maximum atomic E-state index is 12.1. The lowest BCUT2D eigenvalue weighted by Crippen LogP contribution is -2.18. The topological polar surface area (TPSA) is 88.6 Å². The van der Waals surface area contributed by atoms with Crippen molar-refractivity contribution in [1.82, 2.24) is 4.98 Å². The quantitative estimate of drug-likeness (QED) is 0.776. The number of nitrogens with zero attached hydrogens (tertiary/aromatic N) is 1. The third-order valence-electron chi connectivity index (χ3n) is 3.31. The number of pyridine rings is 1. The summed E-state index contributed by atoms with van der Waals surface area (Å²) in [6.45, 7) is 1.20. The molecule has 0 saturated heterocycles. The molecule has 0 aliphatic rings. The summed E-state index contributed by atoms with van der Waals surface area (Å²) < 4.78 is 40.2. The van der Waals surface area contributed by atoms with Crippen molar-refractivity contribution >= 4 is 12.4 Å². The average Bonchev–Trinajstić information content (AvgIpc) is 2.48. The summed E-state index contributed by atoms with van der Waals surface area (Å²) in [7, 11) is 0. The molecule has 0 aliphatic heterocycles. The minimum Gasteiger partial charge on any atom is -0.506 e. The second kappa shape index (κ2) is 7.69. The number of aromatic nitrogens is 1. The molecule has 132 valence electrons. The van der Waals surface area contributed by atoms with Gasteiger partial charge in [0, 0.05) is 17.3 Å². The maximum absolute atomic E-state index is 12.1. The molecule has 0 radical (unpaired) electrons. The molecular weight excluding hydrogens is 349 g/mol. The summed E-state index contributed by atoms with van der Waals surface area (Å²) >= 11 is 0. The standard InChI is InChI=1S/C15H15F3N2O3.ClH/c1-8-14(22)12(10(7-21)6-20-8)13(19)9-2-4-11(5-3-9)23-15(16,17)18;/h2-6,13,21-22H,7,19H2,1H3;1H/t13-;/m0./s1. The first-order chi connectivity index (χ1) is 10.7. The normalized spacial score (nSPS) is 12.4. The zero-order valence-electron chi connectivity index (χ0n) is 12.5. The molecule has 0 bridgehead atoms. The Kier molecular flexibility index (Phi) is 6.42. The lowest BCUT2D eigenvalue weighted by molar-refractivity contribution is -0.274. The smallest absolute Gasteiger partial charge is 0.506 e. The van der Waals surface area contributed by atoms with Gasteiger partial charge in [-0.05, 0) is 24.6 Å². The molecule has 1 aromatic heterocycles. The van der Waals surface area contributed by atoms with Crippen LogP contribution in [0.5, 0.6) is 11.5 Å². The number of aliphatic hydroxyl groups excluding tert-OH is 1. The number of benzene rings is 1. The number of rotatable bonds is 4. The van der Waals surface area contributed by atoms with Crippen molar-refractivity contribution in [2.45, 2.75) is 25.9 Å². The zero-order chi connectivity index (χ0) is 17.2. The predicted molar refractivity (Wildman–Crippen MR) is 83.0 cm³/mol. The molecule has 0 saturated carbocycles. The number of aliphatic hydroxyl groups is 1. The van der Waals surface area contributed by atoms with Crippen LogP contribution in [0.1, 0.15) is 28.4 Å². The zero-order valence-corrected chi connectivity index (χ0v) is 13.4. The second-order valence-corrected chi connectivity index (χ2v) is 4.88. The van der Waals surface area contributed by atoms with Gasteiger partial charge in [-0.25, -0.2) is 0 Å². The number of ether oxygens (including phenoxy) is 1. The summed E-state index contributed by atoms with van der Waals surface area (Å²) in [4.78, 5) is 3.93. The highest BCUT2D eigenvalue weighted by Crippen LogP contribution is 2.33. The maximum Gasteiger partial charge on any atom is 0.573 e. The third-order valence-corrected chi connectivity index (χ3v) is 3.31. The first-order valence-electron chi connectivity index (χ1n) is 6.62. The van der Waals surface area contributed by atoms with Crippen LogP contribution in [0.3, 0.4) is 0 Å². The molecule has 24 heavy (non-hydrogen) atoms. The van der Waals surface area contributed by atoms with Crippen molar-refractivity contribution in [1.29, 1.82) is 0 Å². The molecule has 0 aliphatic carbocycles. The highest BCUT2D eigenvalue weighted by Gasteiger charge is 2.31. The van der Waals surface area contributed by atoms with Gasteiger partial charge < -0.3 is 20.7 Å². The Morgan fingerprint density at radius 1 is 1.25 bits per heavy atom. The van der Waals surface area contributed by atoms with E-state index in [0.29, 0.717) is 16.8 Å². The van der Waals surface area contributed by atoms with E-state index < -0.39 is 12.4 Å². The monoisotopic (exact) mass is 364 g/mol. The minimum absolute atomic E-state index is 0. The van der Waals surface area contributed by atoms with E-state index in [2.05, 4.69) is 9.72 Å². The predicted octanol–water partition coefficient (Wildman–Crippen LogP) is 2.96. The number of aromatic hydroxyl groups is 1. The summed E-state index contributed by atoms with van der Waals surface area (Å²) in [5.74, 6) is -0.523. The molecule has 9 heteroatoms. The molecule has 1 atom stereocenters. The fourth-order valence-electron chi connectivity index (χ4n) is 2.17. The van der Waals surface area contributed by atoms with Gasteiger partial charge in [-0.3, -0.25) is 4.98 Å². The molecule has 1 aromatic carbocycles. The van der Waals surface area contributed by atoms with E-state index in [1.807, 2.05) is 0 Å². The molecule has 4 N–H and O–H groups in total. The Balaban J connectivity index is 0.00000288. The van der Waals surface area contributed by atoms with Gasteiger partial charge in [0.05, 0.1) is 18.3 Å². The molecule has 1 heterocycles. The van der Waals surface area contributed by atoms with Crippen LogP contribution in [-0.2, 0) is 6.61 Å². The lowest BCUT2D eigenvalue weighted by Gasteiger charge is -2.19. The summed E-state index contributed by atoms with van der Waals surface area (Å²) in [5, 5.41) is 19.5. The molecule has 0 spiro atoms. The Labute approximate surface area is 142 Å². The highest BCUT2D eigenvalue weighted by molar-refractivity contribution is 5.85. The summed E-state index contributed by atoms with van der Waals surface area (Å²) in [5.41, 5.74) is 7.49. The van der Waals surface area contributed by atoms with Crippen molar-refractivity contribution in [3.8, 4) is 11.5 Å². The van der Waals surface area contributed by atoms with Crippen LogP contribution >= 0.6 is 12.4 Å². The SMILES string of the molecule is Cc1ncc(CO)c([C@@H](N)c2ccc(OC(F)(F)F)cc2)c1O.Cl. The van der Waals surface area contributed by atoms with Crippen molar-refractivity contribution in [2.75, 3.05) is 0 Å². The van der Waals surface area contributed by atoms with Crippen LogP contribution in [0.25, 0.3) is 0 Å². The van der Waals surface area contributed by atoms with Crippen LogP contribution in [0.4, 0.5) is 13.2 Å². The number of nitrogens with two attached hydrogens (primary N) is 1. The molecule has 0 unspecified atom stereocenters. The van der Waals surface area contributed by atoms with Crippen LogP contribution in [0.2, 0.25) is 0 Å². The van der Waals surface area contributed by atoms with Crippen LogP contribution in [-0.4, -0.2) is 21.6 Å². The summed E-state index contributed by atoms with van der Waals surface area (Å²) in [6.07, 6.45) is -3.38. The van der Waals surface area contributed by atoms with Crippen LogP contribution in [0.15, 0.2) is 30.5 Å². The van der Waals surface area contributed by atoms with Gasteiger partial charge in [0.1, 0.15) is 11.5 Å². The van der Waals surface area contributed by atoms with Gasteiger partial charge in [-0.2, -0.15) is 0 Å². The first kappa shape index (κ1) is 20.0. The summed E-state index contributed by atoms with van der Waals surface area (Å²) in [6, 6.07) is 4.15. The number of hydrogen-bond acceptors (Lipinski definition) is 5. The minimum atomic E-state index is -4.77. The van der Waals surface area contributed by atoms with Crippen molar-refractivity contribution in [3.63, 3.8) is 0 Å². The van der Waals surface area contributed by atoms with Crippen molar-refractivity contribution < 1.29 is 28.1 Å². The van der Waals surface area contributed by atoms with Gasteiger partial charge in [0.2, 0.25) is 0 Å². The Bertz CT molecular complexity index is 694. The van der Waals surface area contributed by atoms with Crippen LogP contribution < -0.4 is 10.5 Å². The van der Waals surface area contributed by atoms with Gasteiger partial charge in [-0.1, -0.05) is 12.1 Å². The Morgan fingerprint density at radius 2 is 1.83 bits per heavy atom. The fourth-order valence-corrected chi connectivity index (χ4v) is 2.17. The van der Waals surface area contributed by atoms with E-state index in [0.717, 1.165) is 12.1 Å². The largest absolute Gasteiger partial charge is 0.573 e. The number of aryl methyl sites for hydroxylation is 1. The fraction of sp³-hybridized carbons (Fsp3) is 0.267. The number of alkyl halides is 3. The second-order valence-electron chi connectivity index (χ2n) is 4.88. The molecule has 0 amide bonds. The van der Waals surface area contributed by atoms with E-state index in [1.54, 1.807) is 6.92 Å². The van der Waals surface area contributed by atoms with E-state index >= 15 is 0 Å². The highest BCUT2D eigenvalue weighted by atomic mass is 35.5. The lowest BCUT2D eigenvalue weighted by atomic mass is 9.95. The molecule has 5 nitrogen and oxygen atoms in total. The number of hydrogen-bond donors (Lipinski definition) is 3. The molecular formula is C15H16ClF3N2O3. The molecule has 2 rings (SSSR count). The van der Waals surface area contributed by atoms with Crippen molar-refractivity contribution in [2.24, 2.45) is 5.73 Å². The van der Waals surface area contributed by atoms with Gasteiger partial charge >= 0.3 is 6.36 Å². The van der Waals surface area contributed by atoms with Crippen LogP contribution in [0, 0.1) is 6.92 Å². The number of halogens is 4. The van der Waals surface area contributed by atoms with Gasteiger partial charge in [0.25, 0.3) is 0 Å². The van der Waals surface area contributed by atoms with E-state index in [1.165, 1.54) is 18.3 Å². The Morgan fingerprint density at radius 3 is 2.33 bits per heavy atom. The third kappa shape index (κ3) is 4.50. The van der Waals surface area contributed by atoms with Gasteiger partial charge in [-0.15, -0.1) is 25.6 Å². The van der Waals surface area contributed by atoms with E-state index in [-0.39, 0.29) is 36.1 Å². The molecule has 0 fully saturated rings. The molecule has 2 aromatic rings. The average molecular weight is 365 g/mol. The van der Waals surface area contributed by atoms with Gasteiger partial charge in [0.15, 0.2) is 0 Å². The van der Waals surface area contributed by atoms with Crippen molar-refractivity contribution in [3.05, 3.63) is 52.8 Å². The van der Waals surface area contributed by atoms with E-state index in [4.69, 9.17) is 5.73 Å². The van der Waals surface area contributed by atoms with E-state index in [9.17, 15) is 23.4 Å².